The molecule has 1 aliphatic carbocycles. The summed E-state index contributed by atoms with van der Waals surface area (Å²) in [6.45, 7) is 0.255. The number of rotatable bonds is 5. The maximum atomic E-state index is 13.5. The number of aromatic carboxylic acids is 1. The number of carboxylic acids is 1. The molecule has 1 aromatic rings. The molecule has 1 N–H and O–H groups in total. The molecule has 1 fully saturated rings. The van der Waals surface area contributed by atoms with Crippen LogP contribution in [0.3, 0.4) is 0 Å². The molecule has 2 rings (SSSR count). The number of hydrogen-bond acceptors (Lipinski definition) is 2. The van der Waals surface area contributed by atoms with Gasteiger partial charge in [-0.05, 0) is 24.5 Å². The molecular weight excluding hydrogens is 242 g/mol. The summed E-state index contributed by atoms with van der Waals surface area (Å²) >= 11 is 0. The predicted molar refractivity (Wildman–Crippen MR) is 60.8 cm³/mol. The van der Waals surface area contributed by atoms with E-state index in [1.165, 1.54) is 6.42 Å². The second-order valence-corrected chi connectivity index (χ2v) is 4.51. The molecule has 0 atom stereocenters. The van der Waals surface area contributed by atoms with Crippen molar-refractivity contribution in [3.05, 3.63) is 29.3 Å². The molecule has 0 saturated heterocycles. The molecule has 0 aliphatic heterocycles. The standard InChI is InChI=1S/C13H14F2O3/c14-10-6-9(13(16)17)7-11(15)12(10)18-5-4-8-2-1-3-8/h6-8H,1-5H2,(H,16,17). The number of carboxylic acid groups (broad SMARTS) is 1. The third-order valence-corrected chi connectivity index (χ3v) is 3.24. The first-order chi connectivity index (χ1) is 8.58. The van der Waals surface area contributed by atoms with Gasteiger partial charge in [0, 0.05) is 0 Å². The summed E-state index contributed by atoms with van der Waals surface area (Å²) < 4.78 is 32.0. The number of benzene rings is 1. The van der Waals surface area contributed by atoms with Crippen LogP contribution < -0.4 is 4.74 Å². The van der Waals surface area contributed by atoms with Crippen molar-refractivity contribution in [1.29, 1.82) is 0 Å². The van der Waals surface area contributed by atoms with Gasteiger partial charge in [0.05, 0.1) is 12.2 Å². The van der Waals surface area contributed by atoms with Crippen molar-refractivity contribution in [2.24, 2.45) is 5.92 Å². The molecule has 0 unspecified atom stereocenters. The second-order valence-electron chi connectivity index (χ2n) is 4.51. The van der Waals surface area contributed by atoms with Crippen molar-refractivity contribution in [3.8, 4) is 5.75 Å². The smallest absolute Gasteiger partial charge is 0.335 e. The van der Waals surface area contributed by atoms with Crippen molar-refractivity contribution in [2.75, 3.05) is 6.61 Å². The summed E-state index contributed by atoms with van der Waals surface area (Å²) in [5.41, 5.74) is -0.420. The number of ether oxygens (including phenoxy) is 1. The van der Waals surface area contributed by atoms with Crippen LogP contribution in [-0.2, 0) is 0 Å². The normalized spacial score (nSPS) is 15.2. The van der Waals surface area contributed by atoms with Crippen molar-refractivity contribution < 1.29 is 23.4 Å². The molecule has 0 spiro atoms. The number of halogens is 2. The van der Waals surface area contributed by atoms with Crippen LogP contribution in [0.2, 0.25) is 0 Å². The summed E-state index contributed by atoms with van der Waals surface area (Å²) in [5.74, 6) is -3.20. The van der Waals surface area contributed by atoms with Gasteiger partial charge in [0.25, 0.3) is 0 Å². The van der Waals surface area contributed by atoms with Gasteiger partial charge in [-0.25, -0.2) is 13.6 Å². The maximum absolute atomic E-state index is 13.5. The summed E-state index contributed by atoms with van der Waals surface area (Å²) in [6.07, 6.45) is 4.28. The van der Waals surface area contributed by atoms with Gasteiger partial charge in [-0.2, -0.15) is 0 Å². The van der Waals surface area contributed by atoms with E-state index in [0.717, 1.165) is 31.4 Å². The van der Waals surface area contributed by atoms with Crippen molar-refractivity contribution in [2.45, 2.75) is 25.7 Å². The molecule has 5 heteroatoms. The Morgan fingerprint density at radius 3 is 2.39 bits per heavy atom. The van der Waals surface area contributed by atoms with E-state index in [1.807, 2.05) is 0 Å². The Morgan fingerprint density at radius 2 is 1.94 bits per heavy atom. The first-order valence-corrected chi connectivity index (χ1v) is 5.93. The lowest BCUT2D eigenvalue weighted by Crippen LogP contribution is -2.15. The van der Waals surface area contributed by atoms with Crippen LogP contribution in [0.25, 0.3) is 0 Å². The van der Waals surface area contributed by atoms with Crippen LogP contribution in [0.4, 0.5) is 8.78 Å². The average Bonchev–Trinajstić information content (AvgIpc) is 2.24. The van der Waals surface area contributed by atoms with Crippen LogP contribution in [0.5, 0.6) is 5.75 Å². The van der Waals surface area contributed by atoms with E-state index < -0.39 is 28.9 Å². The minimum absolute atomic E-state index is 0.255. The molecule has 0 aromatic heterocycles. The molecule has 3 nitrogen and oxygen atoms in total. The highest BCUT2D eigenvalue weighted by Crippen LogP contribution is 2.30. The third-order valence-electron chi connectivity index (χ3n) is 3.24. The Bertz CT molecular complexity index is 433. The predicted octanol–water partition coefficient (Wildman–Crippen LogP) is 3.23. The summed E-state index contributed by atoms with van der Waals surface area (Å²) in [7, 11) is 0. The third kappa shape index (κ3) is 2.78. The molecule has 98 valence electrons. The Morgan fingerprint density at radius 1 is 1.33 bits per heavy atom. The maximum Gasteiger partial charge on any atom is 0.335 e. The molecule has 0 heterocycles. The number of hydrogen-bond donors (Lipinski definition) is 1. The van der Waals surface area contributed by atoms with Gasteiger partial charge in [0.1, 0.15) is 0 Å². The lowest BCUT2D eigenvalue weighted by molar-refractivity contribution is 0.0695. The first kappa shape index (κ1) is 12.8. The highest BCUT2D eigenvalue weighted by atomic mass is 19.1. The van der Waals surface area contributed by atoms with E-state index >= 15 is 0 Å². The van der Waals surface area contributed by atoms with E-state index in [9.17, 15) is 13.6 Å². The Labute approximate surface area is 103 Å². The quantitative estimate of drug-likeness (QED) is 0.879. The Hall–Kier alpha value is -1.65. The van der Waals surface area contributed by atoms with Crippen LogP contribution >= 0.6 is 0 Å². The fourth-order valence-corrected chi connectivity index (χ4v) is 1.93. The molecule has 0 radical (unpaired) electrons. The van der Waals surface area contributed by atoms with Crippen LogP contribution in [0.1, 0.15) is 36.0 Å². The zero-order chi connectivity index (χ0) is 13.1. The van der Waals surface area contributed by atoms with E-state index in [4.69, 9.17) is 9.84 Å². The molecule has 0 amide bonds. The highest BCUT2D eigenvalue weighted by molar-refractivity contribution is 5.87. The monoisotopic (exact) mass is 256 g/mol. The second kappa shape index (κ2) is 5.33. The molecule has 18 heavy (non-hydrogen) atoms. The van der Waals surface area contributed by atoms with Gasteiger partial charge < -0.3 is 9.84 Å². The summed E-state index contributed by atoms with van der Waals surface area (Å²) in [4.78, 5) is 10.6. The minimum atomic E-state index is -1.37. The molecular formula is C13H14F2O3. The van der Waals surface area contributed by atoms with E-state index in [-0.39, 0.29) is 6.61 Å². The zero-order valence-corrected chi connectivity index (χ0v) is 9.79. The lowest BCUT2D eigenvalue weighted by Gasteiger charge is -2.25. The van der Waals surface area contributed by atoms with Crippen LogP contribution in [0, 0.1) is 17.6 Å². The van der Waals surface area contributed by atoms with Gasteiger partial charge in [-0.1, -0.05) is 19.3 Å². The first-order valence-electron chi connectivity index (χ1n) is 5.93. The summed E-state index contributed by atoms with van der Waals surface area (Å²) in [6, 6.07) is 1.54. The van der Waals surface area contributed by atoms with Gasteiger partial charge in [0.15, 0.2) is 17.4 Å². The van der Waals surface area contributed by atoms with Gasteiger partial charge in [-0.3, -0.25) is 0 Å². The fourth-order valence-electron chi connectivity index (χ4n) is 1.93. The summed E-state index contributed by atoms with van der Waals surface area (Å²) in [5, 5.41) is 8.64. The highest BCUT2D eigenvalue weighted by Gasteiger charge is 2.19. The minimum Gasteiger partial charge on any atom is -0.488 e. The van der Waals surface area contributed by atoms with Gasteiger partial charge in [-0.15, -0.1) is 0 Å². The number of carbonyl (C=O) groups is 1. The topological polar surface area (TPSA) is 46.5 Å². The molecule has 0 bridgehead atoms. The van der Waals surface area contributed by atoms with E-state index in [2.05, 4.69) is 0 Å². The SMILES string of the molecule is O=C(O)c1cc(F)c(OCCC2CCC2)c(F)c1. The Balaban J connectivity index is 2.00. The fraction of sp³-hybridized carbons (Fsp3) is 0.462. The van der Waals surface area contributed by atoms with Crippen LogP contribution in [-0.4, -0.2) is 17.7 Å². The van der Waals surface area contributed by atoms with Crippen molar-refractivity contribution in [1.82, 2.24) is 0 Å². The largest absolute Gasteiger partial charge is 0.488 e. The zero-order valence-electron chi connectivity index (χ0n) is 9.79. The van der Waals surface area contributed by atoms with Crippen LogP contribution in [0.15, 0.2) is 12.1 Å². The van der Waals surface area contributed by atoms with E-state index in [1.54, 1.807) is 0 Å². The van der Waals surface area contributed by atoms with Crippen molar-refractivity contribution in [3.63, 3.8) is 0 Å². The molecule has 1 saturated carbocycles. The lowest BCUT2D eigenvalue weighted by atomic mass is 9.83. The van der Waals surface area contributed by atoms with E-state index in [0.29, 0.717) is 5.92 Å². The average molecular weight is 256 g/mol. The van der Waals surface area contributed by atoms with Gasteiger partial charge in [0.2, 0.25) is 0 Å². The van der Waals surface area contributed by atoms with Crippen molar-refractivity contribution >= 4 is 5.97 Å². The van der Waals surface area contributed by atoms with Gasteiger partial charge >= 0.3 is 5.97 Å². The molecule has 1 aliphatic rings. The Kier molecular flexibility index (Phi) is 3.79. The molecule has 1 aromatic carbocycles.